The highest BCUT2D eigenvalue weighted by Crippen LogP contribution is 2.25. The van der Waals surface area contributed by atoms with Crippen molar-refractivity contribution in [3.05, 3.63) is 0 Å². The summed E-state index contributed by atoms with van der Waals surface area (Å²) in [6, 6.07) is 0.0378. The lowest BCUT2D eigenvalue weighted by Gasteiger charge is -2.35. The van der Waals surface area contributed by atoms with Crippen molar-refractivity contribution in [3.8, 4) is 0 Å². The minimum atomic E-state index is -3.29. The van der Waals surface area contributed by atoms with Crippen LogP contribution in [0.2, 0.25) is 0 Å². The van der Waals surface area contributed by atoms with Gasteiger partial charge in [-0.15, -0.1) is 24.0 Å². The fourth-order valence-corrected chi connectivity index (χ4v) is 4.30. The van der Waals surface area contributed by atoms with E-state index in [1.54, 1.807) is 11.9 Å². The lowest BCUT2D eigenvalue weighted by Crippen LogP contribution is -2.53. The maximum absolute atomic E-state index is 12.3. The van der Waals surface area contributed by atoms with E-state index < -0.39 is 15.6 Å². The minimum Gasteiger partial charge on any atom is -0.444 e. The second-order valence-electron chi connectivity index (χ2n) is 8.87. The molecule has 2 rings (SSSR count). The minimum absolute atomic E-state index is 0. The number of nitrogens with one attached hydrogen (secondary N) is 3. The van der Waals surface area contributed by atoms with Gasteiger partial charge in [-0.25, -0.2) is 17.9 Å². The van der Waals surface area contributed by atoms with Crippen LogP contribution >= 0.6 is 24.0 Å². The monoisotopic (exact) mass is 559 g/mol. The van der Waals surface area contributed by atoms with Crippen LogP contribution in [0.4, 0.5) is 4.79 Å². The number of guanidine groups is 1. The molecule has 0 aromatic rings. The predicted molar refractivity (Wildman–Crippen MR) is 130 cm³/mol. The number of hydrogen-bond acceptors (Lipinski definition) is 5. The van der Waals surface area contributed by atoms with Crippen molar-refractivity contribution >= 4 is 46.1 Å². The summed E-state index contributed by atoms with van der Waals surface area (Å²) in [7, 11) is -1.65. The number of halogens is 1. The molecule has 0 aromatic heterocycles. The molecule has 3 N–H and O–H groups in total. The van der Waals surface area contributed by atoms with E-state index in [9.17, 15) is 13.2 Å². The van der Waals surface area contributed by atoms with Crippen molar-refractivity contribution in [1.29, 1.82) is 0 Å². The van der Waals surface area contributed by atoms with Gasteiger partial charge in [0.25, 0.3) is 0 Å². The van der Waals surface area contributed by atoms with Crippen LogP contribution in [0.15, 0.2) is 4.99 Å². The molecule has 2 fully saturated rings. The maximum Gasteiger partial charge on any atom is 0.410 e. The highest BCUT2D eigenvalue weighted by Gasteiger charge is 2.28. The highest BCUT2D eigenvalue weighted by molar-refractivity contribution is 14.0. The summed E-state index contributed by atoms with van der Waals surface area (Å²) in [4.78, 5) is 18.2. The first kappa shape index (κ1) is 27.2. The topological polar surface area (TPSA) is 112 Å². The number of rotatable bonds is 7. The van der Waals surface area contributed by atoms with Gasteiger partial charge < -0.3 is 20.3 Å². The zero-order valence-corrected chi connectivity index (χ0v) is 21.7. The Kier molecular flexibility index (Phi) is 11.1. The predicted octanol–water partition coefficient (Wildman–Crippen LogP) is 1.89. The van der Waals surface area contributed by atoms with E-state index in [2.05, 4.69) is 20.3 Å². The van der Waals surface area contributed by atoms with E-state index in [4.69, 9.17) is 4.74 Å². The second kappa shape index (κ2) is 12.3. The molecule has 0 radical (unpaired) electrons. The van der Waals surface area contributed by atoms with Crippen LogP contribution in [0.3, 0.4) is 0 Å². The first-order valence-corrected chi connectivity index (χ1v) is 12.2. The smallest absolute Gasteiger partial charge is 0.410 e. The number of amides is 1. The van der Waals surface area contributed by atoms with Crippen LogP contribution in [-0.2, 0) is 14.8 Å². The summed E-state index contributed by atoms with van der Waals surface area (Å²) in [5, 5.41) is 6.34. The molecule has 9 nitrogen and oxygen atoms in total. The van der Waals surface area contributed by atoms with Crippen molar-refractivity contribution in [2.24, 2.45) is 10.9 Å². The Morgan fingerprint density at radius 2 is 1.90 bits per heavy atom. The Balaban J connectivity index is 0.00000450. The molecule has 1 saturated heterocycles. The van der Waals surface area contributed by atoms with Crippen molar-refractivity contribution in [3.63, 3.8) is 0 Å². The maximum atomic E-state index is 12.3. The summed E-state index contributed by atoms with van der Waals surface area (Å²) >= 11 is 0. The fraction of sp³-hybridized carbons (Fsp3) is 0.895. The Bertz CT molecular complexity index is 677. The molecule has 0 bridgehead atoms. The molecule has 1 amide bonds. The Hall–Kier alpha value is -0.820. The zero-order valence-electron chi connectivity index (χ0n) is 18.6. The number of ether oxygens (including phenoxy) is 1. The van der Waals surface area contributed by atoms with Crippen LogP contribution in [0.5, 0.6) is 0 Å². The highest BCUT2D eigenvalue weighted by atomic mass is 127. The Morgan fingerprint density at radius 3 is 2.47 bits per heavy atom. The van der Waals surface area contributed by atoms with Crippen molar-refractivity contribution in [1.82, 2.24) is 20.3 Å². The van der Waals surface area contributed by atoms with Crippen molar-refractivity contribution in [2.45, 2.75) is 64.5 Å². The molecule has 0 spiro atoms. The molecular weight excluding hydrogens is 521 g/mol. The van der Waals surface area contributed by atoms with Crippen LogP contribution in [0, 0.1) is 5.92 Å². The standard InChI is InChI=1S/C19H37N5O4S.HI/c1-19(2,3)28-18(25)24-11-6-9-16(14-24)23-17(20-4)21-10-12-29(26,27)22-13-15-7-5-8-15;/h15-16,22H,5-14H2,1-4H3,(H2,20,21,23);1H. The number of likely N-dealkylation sites (tertiary alicyclic amines) is 1. The van der Waals surface area contributed by atoms with Crippen LogP contribution in [0.1, 0.15) is 52.9 Å². The van der Waals surface area contributed by atoms with Gasteiger partial charge in [0.1, 0.15) is 5.60 Å². The number of carbonyl (C=O) groups excluding carboxylic acids is 1. The zero-order chi connectivity index (χ0) is 21.5. The summed E-state index contributed by atoms with van der Waals surface area (Å²) < 4.78 is 32.3. The van der Waals surface area contributed by atoms with Gasteiger partial charge in [0.2, 0.25) is 10.0 Å². The van der Waals surface area contributed by atoms with Gasteiger partial charge in [-0.1, -0.05) is 6.42 Å². The largest absolute Gasteiger partial charge is 0.444 e. The molecule has 1 heterocycles. The molecule has 11 heteroatoms. The quantitative estimate of drug-likeness (QED) is 0.250. The number of hydrogen-bond donors (Lipinski definition) is 3. The van der Waals surface area contributed by atoms with Gasteiger partial charge >= 0.3 is 6.09 Å². The number of piperidine rings is 1. The molecule has 0 aromatic carbocycles. The summed E-state index contributed by atoms with van der Waals surface area (Å²) in [6.07, 6.45) is 4.88. The van der Waals surface area contributed by atoms with Crippen molar-refractivity contribution in [2.75, 3.05) is 39.0 Å². The average Bonchev–Trinajstić information content (AvgIpc) is 2.58. The van der Waals surface area contributed by atoms with E-state index in [0.717, 1.165) is 25.7 Å². The number of nitrogens with zero attached hydrogens (tertiary/aromatic N) is 2. The molecule has 1 atom stereocenters. The molecule has 1 aliphatic heterocycles. The molecule has 1 saturated carbocycles. The fourth-order valence-electron chi connectivity index (χ4n) is 3.29. The molecular formula is C19H38IN5O4S. The number of aliphatic imine (C=N–C) groups is 1. The van der Waals surface area contributed by atoms with Gasteiger partial charge in [0, 0.05) is 39.3 Å². The van der Waals surface area contributed by atoms with Crippen molar-refractivity contribution < 1.29 is 17.9 Å². The molecule has 1 aliphatic carbocycles. The second-order valence-corrected chi connectivity index (χ2v) is 10.8. The lowest BCUT2D eigenvalue weighted by molar-refractivity contribution is 0.0193. The number of carbonyl (C=O) groups is 1. The molecule has 1 unspecified atom stereocenters. The van der Waals surface area contributed by atoms with E-state index in [-0.39, 0.29) is 48.4 Å². The molecule has 2 aliphatic rings. The normalized spacial score (nSPS) is 20.7. The third kappa shape index (κ3) is 9.99. The Labute approximate surface area is 198 Å². The molecule has 30 heavy (non-hydrogen) atoms. The van der Waals surface area contributed by atoms with E-state index in [1.165, 1.54) is 6.42 Å². The lowest BCUT2D eigenvalue weighted by atomic mass is 9.86. The number of sulfonamides is 1. The van der Waals surface area contributed by atoms with Gasteiger partial charge in [-0.2, -0.15) is 0 Å². The van der Waals surface area contributed by atoms with Gasteiger partial charge in [0.15, 0.2) is 5.96 Å². The summed E-state index contributed by atoms with van der Waals surface area (Å²) in [5.74, 6) is 1.02. The third-order valence-corrected chi connectivity index (χ3v) is 6.47. The van der Waals surface area contributed by atoms with E-state index >= 15 is 0 Å². The first-order chi connectivity index (χ1) is 13.6. The van der Waals surface area contributed by atoms with Crippen LogP contribution in [-0.4, -0.2) is 76.0 Å². The SMILES string of the molecule is CN=C(NCCS(=O)(=O)NCC1CCC1)NC1CCCN(C(=O)OC(C)(C)C)C1.I. The van der Waals surface area contributed by atoms with Crippen LogP contribution < -0.4 is 15.4 Å². The van der Waals surface area contributed by atoms with Gasteiger partial charge in [-0.3, -0.25) is 4.99 Å². The average molecular weight is 560 g/mol. The third-order valence-electron chi connectivity index (χ3n) is 5.12. The van der Waals surface area contributed by atoms with Gasteiger partial charge in [-0.05, 0) is 52.4 Å². The van der Waals surface area contributed by atoms with Crippen LogP contribution in [0.25, 0.3) is 0 Å². The Morgan fingerprint density at radius 1 is 1.20 bits per heavy atom. The van der Waals surface area contributed by atoms with E-state index in [1.807, 2.05) is 20.8 Å². The van der Waals surface area contributed by atoms with Gasteiger partial charge in [0.05, 0.1) is 5.75 Å². The first-order valence-electron chi connectivity index (χ1n) is 10.5. The summed E-state index contributed by atoms with van der Waals surface area (Å²) in [5.41, 5.74) is -0.521. The molecule has 176 valence electrons. The van der Waals surface area contributed by atoms with E-state index in [0.29, 0.717) is 31.5 Å². The summed E-state index contributed by atoms with van der Waals surface area (Å²) in [6.45, 7) is 7.56.